The molecule has 2 amide bonds. The molecule has 7 nitrogen and oxygen atoms in total. The number of amides is 2. The van der Waals surface area contributed by atoms with E-state index in [2.05, 4.69) is 5.32 Å². The Morgan fingerprint density at radius 1 is 0.867 bits per heavy atom. The number of sulfonamides is 1. The van der Waals surface area contributed by atoms with Gasteiger partial charge in [0.05, 0.1) is 10.6 Å². The molecule has 4 aromatic rings. The predicted molar refractivity (Wildman–Crippen MR) is 183 cm³/mol. The number of aryl methyl sites for hydroxylation is 1. The zero-order valence-corrected chi connectivity index (χ0v) is 28.0. The summed E-state index contributed by atoms with van der Waals surface area (Å²) >= 11 is 7.65. The SMILES string of the molecule is CCCNC(=O)[C@@H](Cc1ccccc1)N(Cc1ccc(Cl)cc1)C(=O)CN(c1ccc(C)cc1)S(=O)(=O)c1ccc(SC)cc1. The topological polar surface area (TPSA) is 86.8 Å². The monoisotopic (exact) mass is 663 g/mol. The van der Waals surface area contributed by atoms with Gasteiger partial charge in [-0.25, -0.2) is 8.42 Å². The van der Waals surface area contributed by atoms with Crippen LogP contribution in [-0.2, 0) is 32.6 Å². The van der Waals surface area contributed by atoms with Crippen LogP contribution in [-0.4, -0.2) is 50.5 Å². The molecule has 0 spiro atoms. The Kier molecular flexibility index (Phi) is 12.1. The predicted octanol–water partition coefficient (Wildman–Crippen LogP) is 6.73. The van der Waals surface area contributed by atoms with Crippen LogP contribution >= 0.6 is 23.4 Å². The minimum absolute atomic E-state index is 0.0689. The summed E-state index contributed by atoms with van der Waals surface area (Å²) < 4.78 is 29.4. The Hall–Kier alpha value is -3.79. The first-order valence-electron chi connectivity index (χ1n) is 14.7. The van der Waals surface area contributed by atoms with E-state index in [4.69, 9.17) is 11.6 Å². The van der Waals surface area contributed by atoms with E-state index >= 15 is 0 Å². The Labute approximate surface area is 275 Å². The smallest absolute Gasteiger partial charge is 0.264 e. The lowest BCUT2D eigenvalue weighted by Gasteiger charge is -2.34. The highest BCUT2D eigenvalue weighted by Crippen LogP contribution is 2.27. The fourth-order valence-electron chi connectivity index (χ4n) is 4.82. The van der Waals surface area contributed by atoms with Crippen molar-refractivity contribution in [3.63, 3.8) is 0 Å². The van der Waals surface area contributed by atoms with Gasteiger partial charge in [0.25, 0.3) is 10.0 Å². The molecule has 0 saturated carbocycles. The van der Waals surface area contributed by atoms with Crippen LogP contribution in [0.1, 0.15) is 30.0 Å². The van der Waals surface area contributed by atoms with Gasteiger partial charge in [-0.3, -0.25) is 13.9 Å². The number of anilines is 1. The third kappa shape index (κ3) is 9.12. The highest BCUT2D eigenvalue weighted by atomic mass is 35.5. The summed E-state index contributed by atoms with van der Waals surface area (Å²) in [4.78, 5) is 30.6. The number of nitrogens with one attached hydrogen (secondary N) is 1. The van der Waals surface area contributed by atoms with Crippen molar-refractivity contribution in [1.82, 2.24) is 10.2 Å². The maximum absolute atomic E-state index is 14.5. The molecule has 0 aliphatic heterocycles. The standard InChI is InChI=1S/C35H38ClN3O4S2/c1-4-22-37-35(41)33(23-27-8-6-5-7-9-27)38(24-28-12-14-29(36)15-13-28)34(40)25-39(30-16-10-26(2)11-17-30)45(42,43)32-20-18-31(44-3)19-21-32/h5-21,33H,4,22-25H2,1-3H3,(H,37,41)/t33-/m1/s1. The molecular weight excluding hydrogens is 626 g/mol. The number of hydrogen-bond acceptors (Lipinski definition) is 5. The minimum Gasteiger partial charge on any atom is -0.354 e. The molecule has 236 valence electrons. The number of carbonyl (C=O) groups is 2. The second-order valence-corrected chi connectivity index (χ2v) is 13.8. The molecule has 1 atom stereocenters. The first kappa shape index (κ1) is 34.1. The van der Waals surface area contributed by atoms with E-state index in [1.54, 1.807) is 72.8 Å². The van der Waals surface area contributed by atoms with Crippen molar-refractivity contribution in [2.24, 2.45) is 0 Å². The van der Waals surface area contributed by atoms with Crippen LogP contribution in [0.15, 0.2) is 113 Å². The summed E-state index contributed by atoms with van der Waals surface area (Å²) in [6.07, 6.45) is 2.89. The maximum Gasteiger partial charge on any atom is 0.264 e. The number of nitrogens with zero attached hydrogens (tertiary/aromatic N) is 2. The summed E-state index contributed by atoms with van der Waals surface area (Å²) in [5.41, 5.74) is 2.93. The maximum atomic E-state index is 14.5. The molecule has 0 aliphatic rings. The largest absolute Gasteiger partial charge is 0.354 e. The van der Waals surface area contributed by atoms with E-state index < -0.39 is 28.5 Å². The van der Waals surface area contributed by atoms with E-state index in [1.165, 1.54) is 16.7 Å². The Morgan fingerprint density at radius 2 is 1.51 bits per heavy atom. The van der Waals surface area contributed by atoms with Crippen LogP contribution in [0.25, 0.3) is 0 Å². The first-order chi connectivity index (χ1) is 21.6. The summed E-state index contributed by atoms with van der Waals surface area (Å²) in [5, 5.41) is 3.50. The van der Waals surface area contributed by atoms with Gasteiger partial charge in [0.15, 0.2) is 0 Å². The van der Waals surface area contributed by atoms with Gasteiger partial charge in [0.2, 0.25) is 11.8 Å². The Bertz CT molecular complexity index is 1670. The van der Waals surface area contributed by atoms with Crippen LogP contribution in [0, 0.1) is 6.92 Å². The number of halogens is 1. The summed E-state index contributed by atoms with van der Waals surface area (Å²) in [5.74, 6) is -0.817. The molecule has 0 unspecified atom stereocenters. The fourth-order valence-corrected chi connectivity index (χ4v) is 6.77. The van der Waals surface area contributed by atoms with Gasteiger partial charge in [0.1, 0.15) is 12.6 Å². The van der Waals surface area contributed by atoms with Crippen molar-refractivity contribution in [3.8, 4) is 0 Å². The Morgan fingerprint density at radius 3 is 2.11 bits per heavy atom. The van der Waals surface area contributed by atoms with Gasteiger partial charge >= 0.3 is 0 Å². The molecule has 4 aromatic carbocycles. The minimum atomic E-state index is -4.16. The molecule has 0 aromatic heterocycles. The third-order valence-electron chi connectivity index (χ3n) is 7.33. The quantitative estimate of drug-likeness (QED) is 0.151. The number of rotatable bonds is 14. The molecule has 0 radical (unpaired) electrons. The van der Waals surface area contributed by atoms with Crippen LogP contribution in [0.4, 0.5) is 5.69 Å². The van der Waals surface area contributed by atoms with Crippen LogP contribution in [0.2, 0.25) is 5.02 Å². The second-order valence-electron chi connectivity index (χ2n) is 10.7. The van der Waals surface area contributed by atoms with Gasteiger partial charge in [-0.2, -0.15) is 0 Å². The van der Waals surface area contributed by atoms with Crippen molar-refractivity contribution in [2.45, 2.75) is 49.1 Å². The average Bonchev–Trinajstić information content (AvgIpc) is 3.05. The molecule has 10 heteroatoms. The van der Waals surface area contributed by atoms with E-state index in [9.17, 15) is 18.0 Å². The zero-order valence-electron chi connectivity index (χ0n) is 25.6. The summed E-state index contributed by atoms with van der Waals surface area (Å²) in [6.45, 7) is 3.89. The van der Waals surface area contributed by atoms with E-state index in [0.717, 1.165) is 32.3 Å². The lowest BCUT2D eigenvalue weighted by atomic mass is 10.0. The molecule has 0 saturated heterocycles. The summed E-state index contributed by atoms with van der Waals surface area (Å²) in [7, 11) is -4.16. The van der Waals surface area contributed by atoms with Crippen molar-refractivity contribution >= 4 is 50.9 Å². The van der Waals surface area contributed by atoms with Crippen molar-refractivity contribution in [3.05, 3.63) is 125 Å². The summed E-state index contributed by atoms with van der Waals surface area (Å²) in [6, 6.07) is 29.2. The zero-order chi connectivity index (χ0) is 32.4. The van der Waals surface area contributed by atoms with Crippen LogP contribution in [0.3, 0.4) is 0 Å². The lowest BCUT2D eigenvalue weighted by Crippen LogP contribution is -2.53. The van der Waals surface area contributed by atoms with E-state index in [-0.39, 0.29) is 23.8 Å². The normalized spacial score (nSPS) is 11.9. The van der Waals surface area contributed by atoms with Gasteiger partial charge in [-0.15, -0.1) is 11.8 Å². The number of carbonyl (C=O) groups excluding carboxylic acids is 2. The van der Waals surface area contributed by atoms with Gasteiger partial charge in [0, 0.05) is 29.4 Å². The highest BCUT2D eigenvalue weighted by molar-refractivity contribution is 7.98. The molecular formula is C35H38ClN3O4S2. The second kappa shape index (κ2) is 16.0. The first-order valence-corrected chi connectivity index (χ1v) is 17.8. The fraction of sp³-hybridized carbons (Fsp3) is 0.257. The van der Waals surface area contributed by atoms with Gasteiger partial charge in [-0.1, -0.05) is 78.7 Å². The van der Waals surface area contributed by atoms with E-state index in [0.29, 0.717) is 17.3 Å². The molecule has 0 aliphatic carbocycles. The third-order valence-corrected chi connectivity index (χ3v) is 10.1. The van der Waals surface area contributed by atoms with Crippen molar-refractivity contribution < 1.29 is 18.0 Å². The highest BCUT2D eigenvalue weighted by Gasteiger charge is 2.34. The van der Waals surface area contributed by atoms with Crippen molar-refractivity contribution in [1.29, 1.82) is 0 Å². The molecule has 0 heterocycles. The van der Waals surface area contributed by atoms with Gasteiger partial charge < -0.3 is 10.2 Å². The number of hydrogen-bond donors (Lipinski definition) is 1. The van der Waals surface area contributed by atoms with E-state index in [1.807, 2.05) is 50.4 Å². The molecule has 0 bridgehead atoms. The van der Waals surface area contributed by atoms with Crippen molar-refractivity contribution in [2.75, 3.05) is 23.7 Å². The molecule has 0 fully saturated rings. The average molecular weight is 664 g/mol. The number of thioether (sulfide) groups is 1. The van der Waals surface area contributed by atoms with Crippen LogP contribution < -0.4 is 9.62 Å². The molecule has 4 rings (SSSR count). The Balaban J connectivity index is 1.78. The molecule has 1 N–H and O–H groups in total. The number of benzene rings is 4. The lowest BCUT2D eigenvalue weighted by molar-refractivity contribution is -0.140. The van der Waals surface area contributed by atoms with Gasteiger partial charge in [-0.05, 0) is 79.3 Å². The van der Waals surface area contributed by atoms with Crippen LogP contribution in [0.5, 0.6) is 0 Å². The molecule has 45 heavy (non-hydrogen) atoms.